The number of amides is 1. The third-order valence-electron chi connectivity index (χ3n) is 4.64. The maximum Gasteiger partial charge on any atom is 0.381 e. The summed E-state index contributed by atoms with van der Waals surface area (Å²) in [5, 5.41) is 10.7. The minimum absolute atomic E-state index is 0.0671. The van der Waals surface area contributed by atoms with Crippen LogP contribution >= 0.6 is 0 Å². The second-order valence-electron chi connectivity index (χ2n) is 6.18. The van der Waals surface area contributed by atoms with Gasteiger partial charge in [-0.2, -0.15) is 0 Å². The van der Waals surface area contributed by atoms with Gasteiger partial charge in [0.2, 0.25) is 11.7 Å². The van der Waals surface area contributed by atoms with Crippen LogP contribution in [-0.4, -0.2) is 57.9 Å². The molecule has 0 aromatic carbocycles. The Morgan fingerprint density at radius 1 is 1.38 bits per heavy atom. The van der Waals surface area contributed by atoms with Gasteiger partial charge in [0.1, 0.15) is 6.20 Å². The summed E-state index contributed by atoms with van der Waals surface area (Å²) >= 11 is 0. The molecule has 1 amide bonds. The van der Waals surface area contributed by atoms with Crippen LogP contribution in [0.4, 0.5) is 5.82 Å². The second-order valence-corrected chi connectivity index (χ2v) is 6.18. The Balaban J connectivity index is 1.46. The van der Waals surface area contributed by atoms with E-state index in [1.54, 1.807) is 11.5 Å². The summed E-state index contributed by atoms with van der Waals surface area (Å²) in [5.41, 5.74) is 0. The van der Waals surface area contributed by atoms with Crippen molar-refractivity contribution in [2.24, 2.45) is 5.92 Å². The molecule has 0 radical (unpaired) electrons. The molecule has 1 aromatic rings. The molecular weight excluding hydrogens is 316 g/mol. The first-order valence-corrected chi connectivity index (χ1v) is 8.24. The Hall–Kier alpha value is -2.00. The number of rotatable bonds is 5. The number of carbonyl (C=O) groups is 1. The van der Waals surface area contributed by atoms with Crippen molar-refractivity contribution in [3.8, 4) is 0 Å². The molecule has 2 saturated heterocycles. The number of aromatic nitrogens is 2. The van der Waals surface area contributed by atoms with Crippen LogP contribution in [0.5, 0.6) is 0 Å². The van der Waals surface area contributed by atoms with Gasteiger partial charge in [0.05, 0.1) is 13.2 Å². The van der Waals surface area contributed by atoms with E-state index in [9.17, 15) is 14.9 Å². The van der Waals surface area contributed by atoms with Crippen molar-refractivity contribution < 1.29 is 19.2 Å². The Morgan fingerprint density at radius 2 is 2.04 bits per heavy atom. The lowest BCUT2D eigenvalue weighted by Gasteiger charge is -2.34. The molecule has 3 heterocycles. The van der Waals surface area contributed by atoms with E-state index in [0.717, 1.165) is 12.8 Å². The third kappa shape index (κ3) is 3.73. The fraction of sp³-hybridized carbons (Fsp3) is 0.733. The number of ether oxygens (including phenoxy) is 2. The lowest BCUT2D eigenvalue weighted by atomic mass is 9.96. The van der Waals surface area contributed by atoms with E-state index in [1.807, 2.05) is 4.90 Å². The molecule has 0 aliphatic carbocycles. The van der Waals surface area contributed by atoms with Gasteiger partial charge in [0.25, 0.3) is 0 Å². The van der Waals surface area contributed by atoms with Gasteiger partial charge >= 0.3 is 5.82 Å². The zero-order valence-corrected chi connectivity index (χ0v) is 13.7. The van der Waals surface area contributed by atoms with Gasteiger partial charge in [-0.3, -0.25) is 4.79 Å². The van der Waals surface area contributed by atoms with E-state index >= 15 is 0 Å². The fourth-order valence-corrected chi connectivity index (χ4v) is 3.25. The van der Waals surface area contributed by atoms with Crippen molar-refractivity contribution in [2.75, 3.05) is 26.3 Å². The number of nitrogens with zero attached hydrogens (tertiary/aromatic N) is 4. The van der Waals surface area contributed by atoms with Crippen molar-refractivity contribution in [1.29, 1.82) is 0 Å². The topological polar surface area (TPSA) is 99.7 Å². The Bertz CT molecular complexity index is 603. The lowest BCUT2D eigenvalue weighted by Crippen LogP contribution is -2.41. The molecule has 9 heteroatoms. The maximum absolute atomic E-state index is 12.3. The number of likely N-dealkylation sites (tertiary alicyclic amines) is 1. The summed E-state index contributed by atoms with van der Waals surface area (Å²) in [6, 6.07) is 0. The number of carbonyl (C=O) groups excluding carboxylic acids is 1. The van der Waals surface area contributed by atoms with Crippen LogP contribution in [-0.2, 0) is 20.8 Å². The van der Waals surface area contributed by atoms with Crippen LogP contribution in [0.15, 0.2) is 6.20 Å². The van der Waals surface area contributed by atoms with Crippen molar-refractivity contribution in [3.05, 3.63) is 22.1 Å². The first-order chi connectivity index (χ1) is 11.5. The molecule has 0 spiro atoms. The molecule has 0 bridgehead atoms. The predicted molar refractivity (Wildman–Crippen MR) is 83.2 cm³/mol. The van der Waals surface area contributed by atoms with Gasteiger partial charge in [-0.25, -0.2) is 0 Å². The molecule has 2 aliphatic heterocycles. The summed E-state index contributed by atoms with van der Waals surface area (Å²) in [6.07, 6.45) is 3.34. The van der Waals surface area contributed by atoms with E-state index in [4.69, 9.17) is 9.47 Å². The van der Waals surface area contributed by atoms with Crippen LogP contribution in [0.3, 0.4) is 0 Å². The van der Waals surface area contributed by atoms with E-state index < -0.39 is 4.92 Å². The minimum Gasteiger partial charge on any atom is -0.358 e. The molecule has 0 saturated carbocycles. The highest BCUT2D eigenvalue weighted by Gasteiger charge is 2.31. The summed E-state index contributed by atoms with van der Waals surface area (Å²) < 4.78 is 12.7. The third-order valence-corrected chi connectivity index (χ3v) is 4.64. The predicted octanol–water partition coefficient (Wildman–Crippen LogP) is 1.10. The first-order valence-electron chi connectivity index (χ1n) is 8.24. The molecule has 0 N–H and O–H groups in total. The summed E-state index contributed by atoms with van der Waals surface area (Å²) in [4.78, 5) is 28.3. The van der Waals surface area contributed by atoms with Gasteiger partial charge in [-0.1, -0.05) is 0 Å². The fourth-order valence-electron chi connectivity index (χ4n) is 3.25. The first kappa shape index (κ1) is 16.8. The monoisotopic (exact) mass is 338 g/mol. The SMILES string of the molecule is Cc1nc([N+](=O)[O-])cn1CCC(=O)N1CCC(C2OCCO2)CC1. The molecule has 2 aliphatic rings. The lowest BCUT2D eigenvalue weighted by molar-refractivity contribution is -0.389. The Labute approximate surface area is 139 Å². The second kappa shape index (κ2) is 7.27. The highest BCUT2D eigenvalue weighted by atomic mass is 16.7. The molecule has 3 rings (SSSR count). The Kier molecular flexibility index (Phi) is 5.10. The quantitative estimate of drug-likeness (QED) is 0.589. The van der Waals surface area contributed by atoms with Crippen molar-refractivity contribution in [3.63, 3.8) is 0 Å². The molecule has 0 atom stereocenters. The number of nitro groups is 1. The highest BCUT2D eigenvalue weighted by Crippen LogP contribution is 2.26. The minimum atomic E-state index is -0.525. The molecule has 24 heavy (non-hydrogen) atoms. The van der Waals surface area contributed by atoms with E-state index in [-0.39, 0.29) is 18.0 Å². The highest BCUT2D eigenvalue weighted by molar-refractivity contribution is 5.76. The maximum atomic E-state index is 12.3. The van der Waals surface area contributed by atoms with Gasteiger partial charge in [0, 0.05) is 38.9 Å². The van der Waals surface area contributed by atoms with Crippen molar-refractivity contribution in [1.82, 2.24) is 14.5 Å². The average molecular weight is 338 g/mol. The average Bonchev–Trinajstić information content (AvgIpc) is 3.23. The summed E-state index contributed by atoms with van der Waals surface area (Å²) in [5.74, 6) is 0.786. The van der Waals surface area contributed by atoms with Crippen molar-refractivity contribution in [2.45, 2.75) is 39.0 Å². The normalized spacial score (nSPS) is 19.8. The van der Waals surface area contributed by atoms with Crippen LogP contribution < -0.4 is 0 Å². The van der Waals surface area contributed by atoms with Gasteiger partial charge in [0.15, 0.2) is 6.29 Å². The van der Waals surface area contributed by atoms with Crippen LogP contribution in [0.2, 0.25) is 0 Å². The zero-order chi connectivity index (χ0) is 17.1. The number of aryl methyl sites for hydroxylation is 2. The molecule has 9 nitrogen and oxygen atoms in total. The number of hydrogen-bond donors (Lipinski definition) is 0. The number of hydrogen-bond acceptors (Lipinski definition) is 6. The van der Waals surface area contributed by atoms with Crippen LogP contribution in [0.1, 0.15) is 25.1 Å². The van der Waals surface area contributed by atoms with E-state index in [1.165, 1.54) is 6.20 Å². The van der Waals surface area contributed by atoms with E-state index in [0.29, 0.717) is 51.0 Å². The molecule has 132 valence electrons. The summed E-state index contributed by atoms with van der Waals surface area (Å²) in [7, 11) is 0. The summed E-state index contributed by atoms with van der Waals surface area (Å²) in [6.45, 7) is 4.82. The largest absolute Gasteiger partial charge is 0.381 e. The molecule has 1 aromatic heterocycles. The zero-order valence-electron chi connectivity index (χ0n) is 13.7. The van der Waals surface area contributed by atoms with Gasteiger partial charge in [-0.15, -0.1) is 0 Å². The Morgan fingerprint density at radius 3 is 2.62 bits per heavy atom. The van der Waals surface area contributed by atoms with Crippen molar-refractivity contribution >= 4 is 11.7 Å². The molecule has 0 unspecified atom stereocenters. The number of piperidine rings is 1. The van der Waals surface area contributed by atoms with Crippen LogP contribution in [0, 0.1) is 23.0 Å². The standard InChI is InChI=1S/C15H22N4O5/c1-11-16-13(19(21)22)10-18(11)7-4-14(20)17-5-2-12(3-6-17)15-23-8-9-24-15/h10,12,15H,2-9H2,1H3. The van der Waals surface area contributed by atoms with Gasteiger partial charge in [-0.05, 0) is 22.7 Å². The number of imidazole rings is 1. The molecular formula is C15H22N4O5. The smallest absolute Gasteiger partial charge is 0.358 e. The van der Waals surface area contributed by atoms with E-state index in [2.05, 4.69) is 4.98 Å². The van der Waals surface area contributed by atoms with Crippen LogP contribution in [0.25, 0.3) is 0 Å². The van der Waals surface area contributed by atoms with Gasteiger partial charge < -0.3 is 29.1 Å². The molecule has 2 fully saturated rings.